The molecule has 162 valence electrons. The number of carboxylic acid groups (broad SMARTS) is 1. The number of nitrogens with zero attached hydrogens (tertiary/aromatic N) is 1. The van der Waals surface area contributed by atoms with Crippen LogP contribution in [0.15, 0.2) is 4.99 Å². The van der Waals surface area contributed by atoms with E-state index in [0.717, 1.165) is 11.8 Å². The Hall–Kier alpha value is -0.790. The number of rotatable bonds is 9. The summed E-state index contributed by atoms with van der Waals surface area (Å²) < 4.78 is 17.0. The molecule has 2 heterocycles. The van der Waals surface area contributed by atoms with Crippen molar-refractivity contribution in [3.05, 3.63) is 0 Å². The van der Waals surface area contributed by atoms with E-state index in [1.54, 1.807) is 0 Å². The minimum atomic E-state index is -1.51. The van der Waals surface area contributed by atoms with E-state index in [9.17, 15) is 25.2 Å². The number of aliphatic hydroxyl groups excluding tert-OH is 4. The number of aliphatic hydroxyl groups is 4. The van der Waals surface area contributed by atoms with Crippen molar-refractivity contribution in [2.45, 2.75) is 74.8 Å². The van der Waals surface area contributed by atoms with Crippen LogP contribution in [-0.2, 0) is 19.0 Å². The smallest absolute Gasteiger partial charge is 0.329 e. The fraction of sp³-hybridized carbons (Fsp3) is 0.882. The van der Waals surface area contributed by atoms with Gasteiger partial charge in [-0.05, 0) is 19.6 Å². The summed E-state index contributed by atoms with van der Waals surface area (Å²) in [5.41, 5.74) is 0. The third-order valence-electron chi connectivity index (χ3n) is 4.92. The molecule has 0 amide bonds. The quantitative estimate of drug-likeness (QED) is 0.280. The molecule has 2 aliphatic rings. The average Bonchev–Trinajstić information content (AvgIpc) is 2.67. The van der Waals surface area contributed by atoms with E-state index in [1.165, 1.54) is 0 Å². The molecule has 0 aromatic carbocycles. The van der Waals surface area contributed by atoms with Gasteiger partial charge in [0.05, 0.1) is 18.3 Å². The second kappa shape index (κ2) is 10.8. The zero-order valence-corrected chi connectivity index (χ0v) is 16.5. The summed E-state index contributed by atoms with van der Waals surface area (Å²) in [5.74, 6) is -0.852. The Morgan fingerprint density at radius 2 is 1.96 bits per heavy atom. The Kier molecular flexibility index (Phi) is 9.09. The molecule has 11 heteroatoms. The Bertz CT molecular complexity index is 525. The summed E-state index contributed by atoms with van der Waals surface area (Å²) in [6.45, 7) is 5.51. The van der Waals surface area contributed by atoms with Gasteiger partial charge in [-0.25, -0.2) is 4.79 Å². The third-order valence-corrected chi connectivity index (χ3v) is 6.03. The molecular weight excluding hydrogens is 394 g/mol. The fourth-order valence-electron chi connectivity index (χ4n) is 3.19. The van der Waals surface area contributed by atoms with Crippen LogP contribution in [-0.4, -0.2) is 111 Å². The predicted molar refractivity (Wildman–Crippen MR) is 101 cm³/mol. The monoisotopic (exact) mass is 423 g/mol. The SMILES string of the molecule is C=NC(CSCC1OC(OC2C(O)CCOC2CC)C(O)C(O)C1O)C(=O)O. The van der Waals surface area contributed by atoms with E-state index >= 15 is 0 Å². The van der Waals surface area contributed by atoms with E-state index in [1.807, 2.05) is 6.92 Å². The second-order valence-electron chi connectivity index (χ2n) is 6.86. The number of carboxylic acids is 1. The van der Waals surface area contributed by atoms with Gasteiger partial charge in [0, 0.05) is 18.1 Å². The minimum Gasteiger partial charge on any atom is -0.480 e. The maximum atomic E-state index is 11.0. The molecule has 0 bridgehead atoms. The molecular formula is C17H29NO9S. The lowest BCUT2D eigenvalue weighted by atomic mass is 9.98. The molecule has 2 fully saturated rings. The third kappa shape index (κ3) is 5.63. The average molecular weight is 423 g/mol. The summed E-state index contributed by atoms with van der Waals surface area (Å²) in [6, 6.07) is -0.992. The van der Waals surface area contributed by atoms with Crippen LogP contribution >= 0.6 is 11.8 Å². The summed E-state index contributed by atoms with van der Waals surface area (Å²) in [6.07, 6.45) is -7.55. The van der Waals surface area contributed by atoms with Gasteiger partial charge in [0.1, 0.15) is 24.4 Å². The highest BCUT2D eigenvalue weighted by atomic mass is 32.2. The van der Waals surface area contributed by atoms with Gasteiger partial charge in [-0.15, -0.1) is 0 Å². The number of aliphatic carboxylic acids is 1. The van der Waals surface area contributed by atoms with E-state index in [0.29, 0.717) is 19.4 Å². The lowest BCUT2D eigenvalue weighted by Gasteiger charge is -2.44. The van der Waals surface area contributed by atoms with E-state index in [2.05, 4.69) is 11.7 Å². The van der Waals surface area contributed by atoms with Crippen LogP contribution in [0.4, 0.5) is 0 Å². The van der Waals surface area contributed by atoms with Gasteiger partial charge in [0.2, 0.25) is 0 Å². The van der Waals surface area contributed by atoms with Gasteiger partial charge in [-0.2, -0.15) is 11.8 Å². The molecule has 0 aromatic rings. The second-order valence-corrected chi connectivity index (χ2v) is 7.94. The molecule has 0 aromatic heterocycles. The number of aliphatic imine (C=N–C) groups is 1. The lowest BCUT2D eigenvalue weighted by molar-refractivity contribution is -0.323. The minimum absolute atomic E-state index is 0.114. The highest BCUT2D eigenvalue weighted by molar-refractivity contribution is 7.99. The van der Waals surface area contributed by atoms with Gasteiger partial charge >= 0.3 is 5.97 Å². The van der Waals surface area contributed by atoms with Crippen molar-refractivity contribution in [2.75, 3.05) is 18.1 Å². The van der Waals surface area contributed by atoms with Crippen molar-refractivity contribution in [1.29, 1.82) is 0 Å². The van der Waals surface area contributed by atoms with Crippen molar-refractivity contribution in [2.24, 2.45) is 4.99 Å². The molecule has 0 saturated carbocycles. The van der Waals surface area contributed by atoms with Crippen LogP contribution < -0.4 is 0 Å². The van der Waals surface area contributed by atoms with Crippen LogP contribution in [0.5, 0.6) is 0 Å². The van der Waals surface area contributed by atoms with Crippen LogP contribution in [0.1, 0.15) is 19.8 Å². The first-order chi connectivity index (χ1) is 13.3. The standard InChI is InChI=1S/C17H29NO9S/c1-3-10-15(9(19)4-5-25-10)27-17-14(22)13(21)12(20)11(26-17)7-28-6-8(18-2)16(23)24/h8-15,17,19-22H,2-7H2,1H3,(H,23,24). The predicted octanol–water partition coefficient (Wildman–Crippen LogP) is -1.37. The maximum absolute atomic E-state index is 11.0. The molecule has 9 atom stereocenters. The number of ether oxygens (including phenoxy) is 3. The van der Waals surface area contributed by atoms with Gasteiger partial charge in [0.25, 0.3) is 0 Å². The normalized spacial score (nSPS) is 40.0. The summed E-state index contributed by atoms with van der Waals surface area (Å²) in [7, 11) is 0. The zero-order valence-electron chi connectivity index (χ0n) is 15.7. The Morgan fingerprint density at radius 3 is 2.57 bits per heavy atom. The Labute approximate surface area is 167 Å². The van der Waals surface area contributed by atoms with Crippen LogP contribution in [0, 0.1) is 0 Å². The van der Waals surface area contributed by atoms with Gasteiger partial charge in [-0.3, -0.25) is 4.99 Å². The van der Waals surface area contributed by atoms with Crippen LogP contribution in [0.25, 0.3) is 0 Å². The summed E-state index contributed by atoms with van der Waals surface area (Å²) >= 11 is 1.16. The van der Waals surface area contributed by atoms with Crippen molar-refractivity contribution in [3.8, 4) is 0 Å². The number of carbonyl (C=O) groups is 1. The molecule has 2 aliphatic heterocycles. The lowest BCUT2D eigenvalue weighted by Crippen LogP contribution is -2.61. The molecule has 2 saturated heterocycles. The van der Waals surface area contributed by atoms with Crippen molar-refractivity contribution >= 4 is 24.4 Å². The first kappa shape index (κ1) is 23.5. The van der Waals surface area contributed by atoms with Gasteiger partial charge < -0.3 is 39.7 Å². The largest absolute Gasteiger partial charge is 0.480 e. The molecule has 0 radical (unpaired) electrons. The van der Waals surface area contributed by atoms with Gasteiger partial charge in [-0.1, -0.05) is 6.92 Å². The first-order valence-electron chi connectivity index (χ1n) is 9.21. The Balaban J connectivity index is 1.98. The van der Waals surface area contributed by atoms with Crippen LogP contribution in [0.3, 0.4) is 0 Å². The van der Waals surface area contributed by atoms with E-state index < -0.39 is 54.9 Å². The van der Waals surface area contributed by atoms with E-state index in [-0.39, 0.29) is 17.6 Å². The molecule has 2 rings (SSSR count). The van der Waals surface area contributed by atoms with Crippen molar-refractivity contribution in [3.63, 3.8) is 0 Å². The number of hydrogen-bond acceptors (Lipinski definition) is 10. The van der Waals surface area contributed by atoms with Crippen LogP contribution in [0.2, 0.25) is 0 Å². The first-order valence-corrected chi connectivity index (χ1v) is 10.4. The van der Waals surface area contributed by atoms with Gasteiger partial charge in [0.15, 0.2) is 12.3 Å². The van der Waals surface area contributed by atoms with Crippen molar-refractivity contribution in [1.82, 2.24) is 0 Å². The number of thioether (sulfide) groups is 1. The topological polar surface area (TPSA) is 158 Å². The molecule has 0 spiro atoms. The molecule has 28 heavy (non-hydrogen) atoms. The highest BCUT2D eigenvalue weighted by Gasteiger charge is 2.47. The molecule has 0 aliphatic carbocycles. The Morgan fingerprint density at radius 1 is 1.25 bits per heavy atom. The van der Waals surface area contributed by atoms with E-state index in [4.69, 9.17) is 19.3 Å². The zero-order chi connectivity index (χ0) is 20.8. The summed E-state index contributed by atoms with van der Waals surface area (Å²) in [5, 5.41) is 49.8. The summed E-state index contributed by atoms with van der Waals surface area (Å²) in [4.78, 5) is 14.5. The maximum Gasteiger partial charge on any atom is 0.329 e. The molecule has 5 N–H and O–H groups in total. The van der Waals surface area contributed by atoms with Crippen molar-refractivity contribution < 1.29 is 44.5 Å². The molecule has 10 nitrogen and oxygen atoms in total. The molecule has 9 unspecified atom stereocenters. The highest BCUT2D eigenvalue weighted by Crippen LogP contribution is 2.29. The fourth-order valence-corrected chi connectivity index (χ4v) is 4.31. The number of hydrogen-bond donors (Lipinski definition) is 5.